The molecule has 0 unspecified atom stereocenters. The topological polar surface area (TPSA) is 36.4 Å². The summed E-state index contributed by atoms with van der Waals surface area (Å²) in [6.45, 7) is 0. The first-order valence-electron chi connectivity index (χ1n) is 4.04. The van der Waals surface area contributed by atoms with Crippen LogP contribution < -0.4 is 10.6 Å². The fourth-order valence-electron chi connectivity index (χ4n) is 0.941. The van der Waals surface area contributed by atoms with Crippen LogP contribution >= 0.6 is 23.2 Å². The number of halogens is 2. The van der Waals surface area contributed by atoms with Crippen molar-refractivity contribution in [2.45, 2.75) is 0 Å². The van der Waals surface area contributed by atoms with Crippen LogP contribution in [0.2, 0.25) is 10.0 Å². The number of benzene rings is 1. The third-order valence-electron chi connectivity index (χ3n) is 1.64. The first-order chi connectivity index (χ1) is 6.67. The summed E-state index contributed by atoms with van der Waals surface area (Å²) in [6.07, 6.45) is 0. The summed E-state index contributed by atoms with van der Waals surface area (Å²) in [6, 6.07) is 5.30. The molecule has 0 aliphatic rings. The Morgan fingerprint density at radius 3 is 2.50 bits per heavy atom. The van der Waals surface area contributed by atoms with E-state index in [4.69, 9.17) is 23.2 Å². The van der Waals surface area contributed by atoms with Crippen molar-refractivity contribution in [3.8, 4) is 0 Å². The minimum Gasteiger partial charge on any atom is -0.359 e. The van der Waals surface area contributed by atoms with Gasteiger partial charge in [-0.25, -0.2) is 0 Å². The van der Waals surface area contributed by atoms with Gasteiger partial charge in [0.1, 0.15) is 0 Å². The Morgan fingerprint density at radius 1 is 1.29 bits per heavy atom. The zero-order valence-electron chi connectivity index (χ0n) is 7.94. The van der Waals surface area contributed by atoms with Crippen LogP contribution in [0.15, 0.2) is 23.2 Å². The largest absolute Gasteiger partial charge is 0.359 e. The lowest BCUT2D eigenvalue weighted by Crippen LogP contribution is -2.26. The SMILES string of the molecule is CN=C(NC)Nc1ccc(Cl)c(Cl)c1. The monoisotopic (exact) mass is 231 g/mol. The molecule has 0 saturated heterocycles. The second-order valence-corrected chi connectivity index (χ2v) is 3.39. The van der Waals surface area contributed by atoms with Crippen LogP contribution in [0, 0.1) is 0 Å². The zero-order chi connectivity index (χ0) is 10.6. The number of nitrogens with one attached hydrogen (secondary N) is 2. The van der Waals surface area contributed by atoms with Crippen molar-refractivity contribution >= 4 is 34.8 Å². The van der Waals surface area contributed by atoms with Crippen molar-refractivity contribution in [1.29, 1.82) is 0 Å². The highest BCUT2D eigenvalue weighted by Gasteiger charge is 2.00. The van der Waals surface area contributed by atoms with Crippen LogP contribution in [0.25, 0.3) is 0 Å². The number of aliphatic imine (C=N–C) groups is 1. The maximum absolute atomic E-state index is 5.85. The molecular weight excluding hydrogens is 221 g/mol. The zero-order valence-corrected chi connectivity index (χ0v) is 9.45. The molecule has 0 fully saturated rings. The molecule has 1 aromatic carbocycles. The number of anilines is 1. The Balaban J connectivity index is 2.82. The lowest BCUT2D eigenvalue weighted by atomic mass is 10.3. The molecule has 0 spiro atoms. The number of nitrogens with zero attached hydrogens (tertiary/aromatic N) is 1. The minimum absolute atomic E-state index is 0.517. The molecule has 0 amide bonds. The minimum atomic E-state index is 0.517. The van der Waals surface area contributed by atoms with Crippen LogP contribution in [-0.2, 0) is 0 Å². The highest BCUT2D eigenvalue weighted by molar-refractivity contribution is 6.42. The van der Waals surface area contributed by atoms with Gasteiger partial charge in [-0.15, -0.1) is 0 Å². The van der Waals surface area contributed by atoms with Crippen molar-refractivity contribution in [1.82, 2.24) is 5.32 Å². The van der Waals surface area contributed by atoms with Gasteiger partial charge in [0.05, 0.1) is 10.0 Å². The molecule has 14 heavy (non-hydrogen) atoms. The molecule has 1 rings (SSSR count). The van der Waals surface area contributed by atoms with Crippen molar-refractivity contribution in [2.75, 3.05) is 19.4 Å². The van der Waals surface area contributed by atoms with Gasteiger partial charge >= 0.3 is 0 Å². The standard InChI is InChI=1S/C9H11Cl2N3/c1-12-9(13-2)14-6-3-4-7(10)8(11)5-6/h3-5H,1-2H3,(H2,12,13,14). The number of rotatable bonds is 1. The molecule has 0 aliphatic carbocycles. The van der Waals surface area contributed by atoms with E-state index >= 15 is 0 Å². The predicted octanol–water partition coefficient (Wildman–Crippen LogP) is 2.61. The second kappa shape index (κ2) is 5.08. The Hall–Kier alpha value is -0.930. The Kier molecular flexibility index (Phi) is 4.04. The van der Waals surface area contributed by atoms with Gasteiger partial charge in [-0.05, 0) is 18.2 Å². The number of hydrogen-bond acceptors (Lipinski definition) is 1. The summed E-state index contributed by atoms with van der Waals surface area (Å²) in [4.78, 5) is 3.97. The van der Waals surface area contributed by atoms with Crippen LogP contribution in [0.4, 0.5) is 5.69 Å². The van der Waals surface area contributed by atoms with Gasteiger partial charge in [0.25, 0.3) is 0 Å². The fourth-order valence-corrected chi connectivity index (χ4v) is 1.24. The van der Waals surface area contributed by atoms with Crippen LogP contribution in [0.5, 0.6) is 0 Å². The van der Waals surface area contributed by atoms with Crippen LogP contribution in [0.3, 0.4) is 0 Å². The predicted molar refractivity (Wildman–Crippen MR) is 62.5 cm³/mol. The van der Waals surface area contributed by atoms with Gasteiger partial charge < -0.3 is 10.6 Å². The molecule has 0 aliphatic heterocycles. The Labute approximate surface area is 93.1 Å². The average Bonchev–Trinajstić information content (AvgIpc) is 2.19. The summed E-state index contributed by atoms with van der Waals surface area (Å²) in [5.41, 5.74) is 0.842. The van der Waals surface area contributed by atoms with E-state index in [1.807, 2.05) is 6.07 Å². The van der Waals surface area contributed by atoms with Crippen molar-refractivity contribution < 1.29 is 0 Å². The Bertz CT molecular complexity index is 350. The molecule has 1 aromatic rings. The summed E-state index contributed by atoms with van der Waals surface area (Å²) < 4.78 is 0. The maximum atomic E-state index is 5.85. The first kappa shape index (κ1) is 11.1. The molecule has 76 valence electrons. The van der Waals surface area contributed by atoms with E-state index in [-0.39, 0.29) is 0 Å². The summed E-state index contributed by atoms with van der Waals surface area (Å²) >= 11 is 11.6. The molecule has 0 heterocycles. The fraction of sp³-hybridized carbons (Fsp3) is 0.222. The smallest absolute Gasteiger partial charge is 0.195 e. The van der Waals surface area contributed by atoms with Crippen LogP contribution in [0.1, 0.15) is 0 Å². The van der Waals surface area contributed by atoms with E-state index in [1.165, 1.54) is 0 Å². The van der Waals surface area contributed by atoms with Gasteiger partial charge in [0.2, 0.25) is 0 Å². The number of guanidine groups is 1. The summed E-state index contributed by atoms with van der Waals surface area (Å²) in [5.74, 6) is 0.670. The molecule has 2 N–H and O–H groups in total. The Morgan fingerprint density at radius 2 is 2.00 bits per heavy atom. The van der Waals surface area contributed by atoms with Gasteiger partial charge in [-0.1, -0.05) is 23.2 Å². The number of hydrogen-bond donors (Lipinski definition) is 2. The van der Waals surface area contributed by atoms with Crippen LogP contribution in [-0.4, -0.2) is 20.1 Å². The van der Waals surface area contributed by atoms with Crippen molar-refractivity contribution in [3.05, 3.63) is 28.2 Å². The first-order valence-corrected chi connectivity index (χ1v) is 4.79. The molecular formula is C9H11Cl2N3. The second-order valence-electron chi connectivity index (χ2n) is 2.58. The van der Waals surface area contributed by atoms with E-state index in [9.17, 15) is 0 Å². The molecule has 0 aromatic heterocycles. The lowest BCUT2D eigenvalue weighted by Gasteiger charge is -2.08. The van der Waals surface area contributed by atoms with Gasteiger partial charge in [0, 0.05) is 19.8 Å². The van der Waals surface area contributed by atoms with Gasteiger partial charge in [-0.2, -0.15) is 0 Å². The molecule has 0 bridgehead atoms. The van der Waals surface area contributed by atoms with Gasteiger partial charge in [0.15, 0.2) is 5.96 Å². The average molecular weight is 232 g/mol. The molecule has 0 radical (unpaired) electrons. The molecule has 0 saturated carbocycles. The van der Waals surface area contributed by atoms with Crippen molar-refractivity contribution in [3.63, 3.8) is 0 Å². The van der Waals surface area contributed by atoms with E-state index in [0.717, 1.165) is 5.69 Å². The highest BCUT2D eigenvalue weighted by atomic mass is 35.5. The van der Waals surface area contributed by atoms with Gasteiger partial charge in [-0.3, -0.25) is 4.99 Å². The summed E-state index contributed by atoms with van der Waals surface area (Å²) in [5, 5.41) is 6.99. The normalized spacial score (nSPS) is 11.3. The summed E-state index contributed by atoms with van der Waals surface area (Å²) in [7, 11) is 3.48. The lowest BCUT2D eigenvalue weighted by molar-refractivity contribution is 1.14. The maximum Gasteiger partial charge on any atom is 0.195 e. The molecule has 0 atom stereocenters. The molecule has 5 heteroatoms. The quantitative estimate of drug-likeness (QED) is 0.576. The van der Waals surface area contributed by atoms with E-state index in [1.54, 1.807) is 26.2 Å². The van der Waals surface area contributed by atoms with E-state index in [2.05, 4.69) is 15.6 Å². The van der Waals surface area contributed by atoms with E-state index < -0.39 is 0 Å². The highest BCUT2D eigenvalue weighted by Crippen LogP contribution is 2.24. The molecule has 3 nitrogen and oxygen atoms in total. The third kappa shape index (κ3) is 2.79. The third-order valence-corrected chi connectivity index (χ3v) is 2.38. The van der Waals surface area contributed by atoms with Crippen molar-refractivity contribution in [2.24, 2.45) is 4.99 Å². The van der Waals surface area contributed by atoms with E-state index in [0.29, 0.717) is 16.0 Å².